The largest absolute Gasteiger partial charge is 0.550 e. The molecule has 36 heavy (non-hydrogen) atoms. The molecule has 0 aromatic carbocycles. The predicted octanol–water partition coefficient (Wildman–Crippen LogP) is -0.888. The number of hydrogen-bond acceptors (Lipinski definition) is 6. The van der Waals surface area contributed by atoms with E-state index in [1.165, 1.54) is 25.7 Å². The van der Waals surface area contributed by atoms with Crippen LogP contribution in [-0.4, -0.2) is 55.3 Å². The summed E-state index contributed by atoms with van der Waals surface area (Å²) in [6, 6.07) is 0.975. The number of hydrogen-bond donors (Lipinski definition) is 7. The molecule has 0 fully saturated rings. The summed E-state index contributed by atoms with van der Waals surface area (Å²) in [4.78, 5) is 20.4. The van der Waals surface area contributed by atoms with Gasteiger partial charge in [-0.25, -0.2) is 0 Å². The fourth-order valence-corrected chi connectivity index (χ4v) is 2.74. The number of rotatable bonds is 18. The van der Waals surface area contributed by atoms with E-state index in [1.807, 2.05) is 6.92 Å². The van der Waals surface area contributed by atoms with Gasteiger partial charge in [-0.2, -0.15) is 0 Å². The van der Waals surface area contributed by atoms with Crippen LogP contribution in [0.4, 0.5) is 0 Å². The summed E-state index contributed by atoms with van der Waals surface area (Å²) in [5.41, 5.74) is 27.3. The van der Waals surface area contributed by atoms with Crippen LogP contribution < -0.4 is 39.5 Å². The van der Waals surface area contributed by atoms with Crippen molar-refractivity contribution < 1.29 is 37.0 Å². The molecular formula is C26H64N6O4+2. The second kappa shape index (κ2) is 33.7. The highest BCUT2D eigenvalue weighted by Gasteiger charge is 2.08. The topological polar surface area (TPSA) is 238 Å². The van der Waals surface area contributed by atoms with Crippen LogP contribution in [0.15, 0.2) is 0 Å². The molecule has 0 aliphatic rings. The molecule has 10 nitrogen and oxygen atoms in total. The standard InChI is InChI=1S/2C7H15NO2.2C6H16N2/c2*1-6(7(9)10)4-2-3-5-8;2*1-6(8)4-2-3-5-7/h2*6H,2-5,8H2,1H3,(H,9,10);2*6H,2-5,7-8H2,1H3/p+2. The van der Waals surface area contributed by atoms with Gasteiger partial charge in [0.2, 0.25) is 0 Å². The van der Waals surface area contributed by atoms with E-state index in [0.717, 1.165) is 71.0 Å². The zero-order chi connectivity index (χ0) is 28.8. The van der Waals surface area contributed by atoms with Gasteiger partial charge in [0.1, 0.15) is 0 Å². The Morgan fingerprint density at radius 1 is 0.722 bits per heavy atom. The molecule has 0 radical (unpaired) electrons. The Kier molecular flexibility index (Phi) is 39.1. The maximum absolute atomic E-state index is 10.3. The van der Waals surface area contributed by atoms with E-state index < -0.39 is 11.9 Å². The van der Waals surface area contributed by atoms with E-state index in [2.05, 4.69) is 24.1 Å². The lowest BCUT2D eigenvalue weighted by molar-refractivity contribution is -0.416. The fourth-order valence-electron chi connectivity index (χ4n) is 2.74. The number of carboxylic acid groups (broad SMARTS) is 2. The van der Waals surface area contributed by atoms with Crippen molar-refractivity contribution in [3.63, 3.8) is 0 Å². The molecule has 0 rings (SSSR count). The van der Waals surface area contributed by atoms with Gasteiger partial charge in [-0.15, -0.1) is 0 Å². The SMILES string of the molecule is CC(CCCCN)C(=O)O.CC(CCCC[NH3+])C(=O)[O-].CC(N)CCCCN.CC([NH3+])CCCC[NH3+]. The van der Waals surface area contributed by atoms with Crippen LogP contribution in [0.25, 0.3) is 0 Å². The monoisotopic (exact) mass is 524 g/mol. The predicted molar refractivity (Wildman–Crippen MR) is 146 cm³/mol. The van der Waals surface area contributed by atoms with Crippen molar-refractivity contribution in [1.29, 1.82) is 0 Å². The van der Waals surface area contributed by atoms with E-state index in [0.29, 0.717) is 18.6 Å². The molecule has 0 bridgehead atoms. The molecule has 0 aliphatic heterocycles. The zero-order valence-electron chi connectivity index (χ0n) is 24.1. The Labute approximate surface area is 221 Å². The van der Waals surface area contributed by atoms with Crippen LogP contribution in [0, 0.1) is 11.8 Å². The fraction of sp³-hybridized carbons (Fsp3) is 0.923. The summed E-state index contributed by atoms with van der Waals surface area (Å²) < 4.78 is 0. The number of carbonyl (C=O) groups is 2. The molecule has 0 spiro atoms. The van der Waals surface area contributed by atoms with Gasteiger partial charge in [0, 0.05) is 12.0 Å². The molecule has 0 saturated carbocycles. The summed E-state index contributed by atoms with van der Waals surface area (Å²) in [6.45, 7) is 11.0. The van der Waals surface area contributed by atoms with Gasteiger partial charge in [0.15, 0.2) is 0 Å². The molecule has 10 heteroatoms. The first-order valence-corrected chi connectivity index (χ1v) is 13.9. The van der Waals surface area contributed by atoms with E-state index in [-0.39, 0.29) is 11.8 Å². The molecule has 0 aromatic heterocycles. The second-order valence-corrected chi connectivity index (χ2v) is 9.81. The summed E-state index contributed by atoms with van der Waals surface area (Å²) >= 11 is 0. The van der Waals surface area contributed by atoms with Gasteiger partial charge in [-0.1, -0.05) is 26.7 Å². The quantitative estimate of drug-likeness (QED) is 0.111. The first kappa shape index (κ1) is 41.8. The highest BCUT2D eigenvalue weighted by molar-refractivity contribution is 5.69. The van der Waals surface area contributed by atoms with Crippen LogP contribution >= 0.6 is 0 Å². The summed E-state index contributed by atoms with van der Waals surface area (Å²) in [5.74, 6) is -2.17. The molecule has 220 valence electrons. The van der Waals surface area contributed by atoms with Gasteiger partial charge in [-0.05, 0) is 97.1 Å². The lowest BCUT2D eigenvalue weighted by Crippen LogP contribution is -2.59. The average Bonchev–Trinajstić information content (AvgIpc) is 2.80. The second-order valence-electron chi connectivity index (χ2n) is 9.81. The van der Waals surface area contributed by atoms with Crippen molar-refractivity contribution in [2.24, 2.45) is 29.0 Å². The van der Waals surface area contributed by atoms with Crippen molar-refractivity contribution in [1.82, 2.24) is 0 Å². The zero-order valence-corrected chi connectivity index (χ0v) is 24.1. The Balaban J connectivity index is -0.000000191. The maximum atomic E-state index is 10.3. The van der Waals surface area contributed by atoms with Crippen molar-refractivity contribution >= 4 is 11.9 Å². The molecule has 0 aromatic rings. The van der Waals surface area contributed by atoms with Crippen molar-refractivity contribution in [2.75, 3.05) is 26.2 Å². The highest BCUT2D eigenvalue weighted by atomic mass is 16.4. The van der Waals surface area contributed by atoms with Crippen LogP contribution in [-0.2, 0) is 9.59 Å². The number of carboxylic acids is 2. The third kappa shape index (κ3) is 46.1. The third-order valence-electron chi connectivity index (χ3n) is 5.36. The Bertz CT molecular complexity index is 414. The first-order chi connectivity index (χ1) is 16.9. The molecule has 0 saturated heterocycles. The number of aliphatic carboxylic acids is 2. The summed E-state index contributed by atoms with van der Waals surface area (Å²) in [6.07, 6.45) is 12.5. The molecular weight excluding hydrogens is 460 g/mol. The maximum Gasteiger partial charge on any atom is 0.306 e. The molecule has 16 N–H and O–H groups in total. The Morgan fingerprint density at radius 3 is 1.44 bits per heavy atom. The van der Waals surface area contributed by atoms with Gasteiger partial charge in [-0.3, -0.25) is 4.79 Å². The molecule has 4 unspecified atom stereocenters. The van der Waals surface area contributed by atoms with Crippen molar-refractivity contribution in [2.45, 2.75) is 117 Å². The van der Waals surface area contributed by atoms with Crippen molar-refractivity contribution in [3.05, 3.63) is 0 Å². The molecule has 0 aliphatic carbocycles. The Hall–Kier alpha value is -1.30. The van der Waals surface area contributed by atoms with Gasteiger partial charge >= 0.3 is 5.97 Å². The van der Waals surface area contributed by atoms with Gasteiger partial charge < -0.3 is 49.4 Å². The number of nitrogens with two attached hydrogens (primary N) is 3. The van der Waals surface area contributed by atoms with Crippen LogP contribution in [0.3, 0.4) is 0 Å². The minimum absolute atomic E-state index is 0.216. The van der Waals surface area contributed by atoms with E-state index >= 15 is 0 Å². The summed E-state index contributed by atoms with van der Waals surface area (Å²) in [7, 11) is 0. The Morgan fingerprint density at radius 2 is 1.11 bits per heavy atom. The van der Waals surface area contributed by atoms with E-state index in [9.17, 15) is 14.7 Å². The van der Waals surface area contributed by atoms with E-state index in [1.54, 1.807) is 13.8 Å². The number of unbranched alkanes of at least 4 members (excludes halogenated alkanes) is 4. The third-order valence-corrected chi connectivity index (χ3v) is 5.36. The smallest absolute Gasteiger partial charge is 0.306 e. The minimum Gasteiger partial charge on any atom is -0.550 e. The van der Waals surface area contributed by atoms with Gasteiger partial charge in [0.05, 0.1) is 25.0 Å². The van der Waals surface area contributed by atoms with Crippen LogP contribution in [0.1, 0.15) is 105 Å². The summed E-state index contributed by atoms with van der Waals surface area (Å²) in [5, 5.41) is 18.6. The lowest BCUT2D eigenvalue weighted by Gasteiger charge is -2.10. The highest BCUT2D eigenvalue weighted by Crippen LogP contribution is 2.06. The average molecular weight is 525 g/mol. The van der Waals surface area contributed by atoms with Crippen molar-refractivity contribution in [3.8, 4) is 0 Å². The first-order valence-electron chi connectivity index (χ1n) is 13.9. The minimum atomic E-state index is -0.941. The lowest BCUT2D eigenvalue weighted by atomic mass is 10.0. The number of quaternary nitrogens is 3. The molecule has 0 amide bonds. The normalized spacial score (nSPS) is 13.4. The molecule has 4 atom stereocenters. The van der Waals surface area contributed by atoms with Gasteiger partial charge in [0.25, 0.3) is 0 Å². The van der Waals surface area contributed by atoms with Crippen LogP contribution in [0.5, 0.6) is 0 Å². The molecule has 0 heterocycles. The van der Waals surface area contributed by atoms with E-state index in [4.69, 9.17) is 22.3 Å². The van der Waals surface area contributed by atoms with Crippen LogP contribution in [0.2, 0.25) is 0 Å². The number of carbonyl (C=O) groups excluding carboxylic acids is 1.